The smallest absolute Gasteiger partial charge is 0.193 e. The number of aliphatic hydroxyl groups is 2. The molecule has 0 bridgehead atoms. The van der Waals surface area contributed by atoms with Crippen molar-refractivity contribution in [3.05, 3.63) is 95.1 Å². The standard InChI is InChI=1S/C35H36F2O6/c1-32-13-12-23(39)15-26(32)27(36)16-25-24-17-30-35(29(41)19-38,33(24,2)18-28(40)34(25,32)37)43-31(42-30)22-10-8-21(9-11-22)14-20-6-4-3-5-7-20/h3-13,15,24-25,27-28,30-31,38,40H,14,16-19H2,1-2H3/t24?,25-,27-,28-,30+,31+,32-,33-,34-,35+/m0/s1. The minimum atomic E-state index is -2.28. The van der Waals surface area contributed by atoms with Crippen LogP contribution in [0.25, 0.3) is 0 Å². The quantitative estimate of drug-likeness (QED) is 0.514. The molecule has 1 heterocycles. The number of benzene rings is 2. The topological polar surface area (TPSA) is 93.1 Å². The first-order valence-corrected chi connectivity index (χ1v) is 15.0. The van der Waals surface area contributed by atoms with Crippen LogP contribution in [0.5, 0.6) is 0 Å². The van der Waals surface area contributed by atoms with E-state index in [2.05, 4.69) is 12.1 Å². The fraction of sp³-hybridized carbons (Fsp3) is 0.486. The molecule has 0 radical (unpaired) electrons. The number of allylic oxidation sites excluding steroid dienone is 4. The molecule has 1 saturated heterocycles. The highest BCUT2D eigenvalue weighted by atomic mass is 19.1. The molecule has 3 saturated carbocycles. The lowest BCUT2D eigenvalue weighted by molar-refractivity contribution is -0.235. The van der Waals surface area contributed by atoms with Gasteiger partial charge < -0.3 is 19.7 Å². The predicted octanol–water partition coefficient (Wildman–Crippen LogP) is 4.92. The van der Waals surface area contributed by atoms with Crippen molar-refractivity contribution in [3.63, 3.8) is 0 Å². The van der Waals surface area contributed by atoms with Gasteiger partial charge in [0.2, 0.25) is 0 Å². The third kappa shape index (κ3) is 3.76. The van der Waals surface area contributed by atoms with Gasteiger partial charge in [0.05, 0.1) is 12.2 Å². The van der Waals surface area contributed by atoms with Crippen molar-refractivity contribution < 1.29 is 38.1 Å². The maximum atomic E-state index is 17.5. The molecule has 2 N–H and O–H groups in total. The monoisotopic (exact) mass is 590 g/mol. The first-order chi connectivity index (χ1) is 20.5. The van der Waals surface area contributed by atoms with Gasteiger partial charge in [-0.25, -0.2) is 8.78 Å². The average Bonchev–Trinajstić information content (AvgIpc) is 3.49. The van der Waals surface area contributed by atoms with Crippen LogP contribution in [0.2, 0.25) is 0 Å². The Morgan fingerprint density at radius 1 is 1.02 bits per heavy atom. The van der Waals surface area contributed by atoms with Gasteiger partial charge in [0.25, 0.3) is 0 Å². The van der Waals surface area contributed by atoms with Gasteiger partial charge in [-0.15, -0.1) is 0 Å². The molecule has 8 heteroatoms. The molecule has 0 amide bonds. The van der Waals surface area contributed by atoms with Crippen LogP contribution in [0, 0.1) is 22.7 Å². The number of rotatable bonds is 5. The lowest BCUT2D eigenvalue weighted by atomic mass is 9.44. The summed E-state index contributed by atoms with van der Waals surface area (Å²) in [7, 11) is 0. The Morgan fingerprint density at radius 2 is 1.72 bits per heavy atom. The zero-order valence-corrected chi connectivity index (χ0v) is 24.2. The summed E-state index contributed by atoms with van der Waals surface area (Å²) in [6, 6.07) is 17.8. The molecule has 226 valence electrons. The number of Topliss-reactive ketones (excluding diaryl/α,β-unsaturated/α-hetero) is 1. The van der Waals surface area contributed by atoms with Gasteiger partial charge in [0, 0.05) is 22.3 Å². The second-order valence-electron chi connectivity index (χ2n) is 13.4. The summed E-state index contributed by atoms with van der Waals surface area (Å²) >= 11 is 0. The van der Waals surface area contributed by atoms with Crippen molar-refractivity contribution in [1.82, 2.24) is 0 Å². The predicted molar refractivity (Wildman–Crippen MR) is 153 cm³/mol. The number of hydrogen-bond acceptors (Lipinski definition) is 6. The Hall–Kier alpha value is -3.04. The number of alkyl halides is 2. The Bertz CT molecular complexity index is 1520. The van der Waals surface area contributed by atoms with Crippen molar-refractivity contribution in [2.45, 2.75) is 75.5 Å². The first kappa shape index (κ1) is 28.7. The molecule has 7 rings (SSSR count). The van der Waals surface area contributed by atoms with Crippen LogP contribution in [0.15, 0.2) is 78.4 Å². The van der Waals surface area contributed by atoms with Gasteiger partial charge in [-0.1, -0.05) is 67.6 Å². The van der Waals surface area contributed by atoms with Gasteiger partial charge in [-0.2, -0.15) is 0 Å². The summed E-state index contributed by atoms with van der Waals surface area (Å²) in [6.07, 6.45) is -0.539. The Kier molecular flexibility index (Phi) is 6.50. The SMILES string of the molecule is C[C@]12C=CC(=O)C=C1[C@@H](F)C[C@H]1C3C[C@H]4O[C@@H](c5ccc(Cc6ccccc6)cc5)O[C@@]4(C(=O)CO)[C@@]3(C)C[C@H](O)[C@@]12F. The highest BCUT2D eigenvalue weighted by Gasteiger charge is 2.80. The van der Waals surface area contributed by atoms with Gasteiger partial charge in [-0.05, 0) is 67.4 Å². The van der Waals surface area contributed by atoms with Crippen LogP contribution >= 0.6 is 0 Å². The zero-order valence-electron chi connectivity index (χ0n) is 24.2. The highest BCUT2D eigenvalue weighted by molar-refractivity contribution is 6.01. The maximum Gasteiger partial charge on any atom is 0.193 e. The van der Waals surface area contributed by atoms with Crippen LogP contribution in [-0.4, -0.2) is 58.0 Å². The number of fused-ring (bicyclic) bond motifs is 7. The number of aliphatic hydroxyl groups excluding tert-OH is 2. The normalized spacial score (nSPS) is 42.9. The molecule has 4 aliphatic carbocycles. The molecule has 1 unspecified atom stereocenters. The molecule has 0 aromatic heterocycles. The van der Waals surface area contributed by atoms with Gasteiger partial charge in [0.15, 0.2) is 29.1 Å². The number of carbonyl (C=O) groups excluding carboxylic acids is 2. The average molecular weight is 591 g/mol. The molecular formula is C35H36F2O6. The molecule has 2 aromatic carbocycles. The van der Waals surface area contributed by atoms with Crippen molar-refractivity contribution >= 4 is 11.6 Å². The summed E-state index contributed by atoms with van der Waals surface area (Å²) < 4.78 is 46.3. The van der Waals surface area contributed by atoms with Crippen molar-refractivity contribution in [1.29, 1.82) is 0 Å². The third-order valence-electron chi connectivity index (χ3n) is 11.4. The maximum absolute atomic E-state index is 17.5. The highest BCUT2D eigenvalue weighted by Crippen LogP contribution is 2.72. The number of halogens is 2. The van der Waals surface area contributed by atoms with E-state index in [-0.39, 0.29) is 24.8 Å². The number of ether oxygens (including phenoxy) is 2. The Labute approximate surface area is 249 Å². The van der Waals surface area contributed by atoms with E-state index in [1.165, 1.54) is 17.7 Å². The van der Waals surface area contributed by atoms with E-state index in [0.29, 0.717) is 5.56 Å². The van der Waals surface area contributed by atoms with Crippen molar-refractivity contribution in [3.8, 4) is 0 Å². The summed E-state index contributed by atoms with van der Waals surface area (Å²) in [5.41, 5.74) is -3.59. The molecule has 2 aromatic rings. The molecule has 0 spiro atoms. The van der Waals surface area contributed by atoms with E-state index < -0.39 is 76.8 Å². The van der Waals surface area contributed by atoms with Crippen molar-refractivity contribution in [2.75, 3.05) is 6.61 Å². The Balaban J connectivity index is 1.22. The summed E-state index contributed by atoms with van der Waals surface area (Å²) in [6.45, 7) is 2.51. The second kappa shape index (κ2) is 9.73. The van der Waals surface area contributed by atoms with Gasteiger partial charge in [0.1, 0.15) is 12.8 Å². The van der Waals surface area contributed by atoms with Gasteiger partial charge in [-0.3, -0.25) is 9.59 Å². The van der Waals surface area contributed by atoms with E-state index in [0.717, 1.165) is 18.1 Å². The van der Waals surface area contributed by atoms with Crippen LogP contribution < -0.4 is 0 Å². The minimum Gasteiger partial charge on any atom is -0.390 e. The minimum absolute atomic E-state index is 0.0454. The first-order valence-electron chi connectivity index (χ1n) is 15.0. The number of ketones is 2. The number of hydrogen-bond donors (Lipinski definition) is 2. The van der Waals surface area contributed by atoms with Gasteiger partial charge >= 0.3 is 0 Å². The number of carbonyl (C=O) groups is 2. The fourth-order valence-electron chi connectivity index (χ4n) is 9.34. The van der Waals surface area contributed by atoms with E-state index in [9.17, 15) is 19.8 Å². The second-order valence-corrected chi connectivity index (χ2v) is 13.4. The molecule has 43 heavy (non-hydrogen) atoms. The lowest BCUT2D eigenvalue weighted by Gasteiger charge is -2.63. The fourth-order valence-corrected chi connectivity index (χ4v) is 9.34. The zero-order chi connectivity index (χ0) is 30.4. The van der Waals surface area contributed by atoms with Crippen LogP contribution in [0.3, 0.4) is 0 Å². The van der Waals surface area contributed by atoms with E-state index in [1.54, 1.807) is 13.8 Å². The molecule has 10 atom stereocenters. The summed E-state index contributed by atoms with van der Waals surface area (Å²) in [5.74, 6) is -2.56. The largest absolute Gasteiger partial charge is 0.390 e. The van der Waals surface area contributed by atoms with E-state index in [1.807, 2.05) is 42.5 Å². The molecular weight excluding hydrogens is 554 g/mol. The van der Waals surface area contributed by atoms with Crippen molar-refractivity contribution in [2.24, 2.45) is 22.7 Å². The third-order valence-corrected chi connectivity index (χ3v) is 11.4. The lowest BCUT2D eigenvalue weighted by Crippen LogP contribution is -2.70. The summed E-state index contributed by atoms with van der Waals surface area (Å²) in [5, 5.41) is 21.8. The molecule has 5 aliphatic rings. The van der Waals surface area contributed by atoms with Crippen LogP contribution in [0.1, 0.15) is 56.1 Å². The van der Waals surface area contributed by atoms with Crippen LogP contribution in [-0.2, 0) is 25.5 Å². The molecule has 1 aliphatic heterocycles. The molecule has 6 nitrogen and oxygen atoms in total. The summed E-state index contributed by atoms with van der Waals surface area (Å²) in [4.78, 5) is 25.8. The molecule has 4 fully saturated rings. The van der Waals surface area contributed by atoms with E-state index in [4.69, 9.17) is 9.47 Å². The van der Waals surface area contributed by atoms with E-state index >= 15 is 8.78 Å². The van der Waals surface area contributed by atoms with Crippen LogP contribution in [0.4, 0.5) is 8.78 Å². The Morgan fingerprint density at radius 3 is 2.42 bits per heavy atom.